The summed E-state index contributed by atoms with van der Waals surface area (Å²) in [7, 11) is 0. The normalized spacial score (nSPS) is 11.1. The molecule has 2 aromatic carbocycles. The van der Waals surface area contributed by atoms with E-state index in [1.807, 2.05) is 48.5 Å². The van der Waals surface area contributed by atoms with Gasteiger partial charge in [0.05, 0.1) is 39.1 Å². The molecule has 3 aromatic heterocycles. The van der Waals surface area contributed by atoms with Crippen LogP contribution >= 0.6 is 23.2 Å². The van der Waals surface area contributed by atoms with E-state index in [0.717, 1.165) is 11.3 Å². The predicted octanol–water partition coefficient (Wildman–Crippen LogP) is 5.38. The van der Waals surface area contributed by atoms with Gasteiger partial charge in [0.2, 0.25) is 5.95 Å². The molecule has 0 aliphatic heterocycles. The first kappa shape index (κ1) is 20.2. The van der Waals surface area contributed by atoms with Crippen molar-refractivity contribution in [1.82, 2.24) is 24.7 Å². The van der Waals surface area contributed by atoms with Gasteiger partial charge in [-0.2, -0.15) is 4.98 Å². The molecule has 0 spiro atoms. The number of nitrogens with zero attached hydrogens (tertiary/aromatic N) is 5. The number of hydrogen-bond donors (Lipinski definition) is 2. The zero-order valence-electron chi connectivity index (χ0n) is 16.7. The molecule has 0 fully saturated rings. The molecule has 5 rings (SSSR count). The Bertz CT molecular complexity index is 1400. The van der Waals surface area contributed by atoms with Gasteiger partial charge in [0.25, 0.3) is 0 Å². The molecule has 0 aliphatic rings. The molecule has 0 aliphatic carbocycles. The number of nitrogen functional groups attached to an aromatic ring is 1. The molecule has 0 unspecified atom stereocenters. The van der Waals surface area contributed by atoms with Crippen molar-refractivity contribution in [3.8, 4) is 16.9 Å². The second-order valence-electron chi connectivity index (χ2n) is 7.03. The van der Waals surface area contributed by atoms with E-state index in [1.54, 1.807) is 29.1 Å². The number of halogens is 2. The Morgan fingerprint density at radius 3 is 2.47 bits per heavy atom. The summed E-state index contributed by atoms with van der Waals surface area (Å²) in [6, 6.07) is 20.7. The van der Waals surface area contributed by atoms with E-state index < -0.39 is 0 Å². The highest BCUT2D eigenvalue weighted by atomic mass is 35.5. The van der Waals surface area contributed by atoms with Gasteiger partial charge in [0.15, 0.2) is 5.65 Å². The summed E-state index contributed by atoms with van der Waals surface area (Å²) in [6.07, 6.45) is 1.75. The number of benzene rings is 2. The molecule has 0 saturated heterocycles. The molecule has 5 aromatic rings. The molecule has 3 heterocycles. The van der Waals surface area contributed by atoms with Crippen molar-refractivity contribution in [1.29, 1.82) is 0 Å². The number of hydrogen-bond acceptors (Lipinski definition) is 6. The van der Waals surface area contributed by atoms with Gasteiger partial charge in [-0.1, -0.05) is 59.6 Å². The Hall–Kier alpha value is -3.68. The molecule has 3 N–H and O–H groups in total. The summed E-state index contributed by atoms with van der Waals surface area (Å²) in [5, 5.41) is 9.40. The lowest BCUT2D eigenvalue weighted by Crippen LogP contribution is -2.06. The van der Waals surface area contributed by atoms with E-state index in [1.165, 1.54) is 0 Å². The van der Waals surface area contributed by atoms with Crippen LogP contribution in [-0.2, 0) is 6.54 Å². The highest BCUT2D eigenvalue weighted by molar-refractivity contribution is 6.42. The standard InChI is InChI=1S/C23H17Cl2N7/c24-17-10-9-16(12-18(17)25)32-21(26)19-20(14-6-2-1-3-7-14)29-23(30-22(19)31-32)28-13-15-8-4-5-11-27-15/h1-12H,13,26H2,(H,28,30,31). The van der Waals surface area contributed by atoms with Crippen molar-refractivity contribution in [3.63, 3.8) is 0 Å². The maximum atomic E-state index is 6.53. The topological polar surface area (TPSA) is 94.5 Å². The monoisotopic (exact) mass is 461 g/mol. The summed E-state index contributed by atoms with van der Waals surface area (Å²) in [5.41, 5.74) is 10.1. The highest BCUT2D eigenvalue weighted by Crippen LogP contribution is 2.34. The Labute approximate surface area is 193 Å². The van der Waals surface area contributed by atoms with Gasteiger partial charge < -0.3 is 11.1 Å². The molecule has 0 bridgehead atoms. The third-order valence-electron chi connectivity index (χ3n) is 4.92. The molecule has 9 heteroatoms. The molecular weight excluding hydrogens is 445 g/mol. The third-order valence-corrected chi connectivity index (χ3v) is 5.66. The van der Waals surface area contributed by atoms with E-state index >= 15 is 0 Å². The Balaban J connectivity index is 1.65. The molecule has 0 radical (unpaired) electrons. The van der Waals surface area contributed by atoms with Crippen LogP contribution in [0.25, 0.3) is 28.0 Å². The second-order valence-corrected chi connectivity index (χ2v) is 7.84. The fourth-order valence-corrected chi connectivity index (χ4v) is 3.67. The fraction of sp³-hybridized carbons (Fsp3) is 0.0435. The summed E-state index contributed by atoms with van der Waals surface area (Å²) in [6.45, 7) is 0.476. The van der Waals surface area contributed by atoms with E-state index in [-0.39, 0.29) is 0 Å². The first-order valence-electron chi connectivity index (χ1n) is 9.81. The molecular formula is C23H17Cl2N7. The average molecular weight is 462 g/mol. The molecule has 158 valence electrons. The van der Waals surface area contributed by atoms with Crippen LogP contribution in [0.5, 0.6) is 0 Å². The number of aromatic nitrogens is 5. The minimum atomic E-state index is 0.411. The molecule has 0 atom stereocenters. The number of nitrogens with two attached hydrogens (primary N) is 1. The van der Waals surface area contributed by atoms with Crippen molar-refractivity contribution in [3.05, 3.63) is 88.7 Å². The number of rotatable bonds is 5. The van der Waals surface area contributed by atoms with E-state index in [9.17, 15) is 0 Å². The van der Waals surface area contributed by atoms with Crippen LogP contribution in [-0.4, -0.2) is 24.7 Å². The van der Waals surface area contributed by atoms with Crippen molar-refractivity contribution in [2.45, 2.75) is 6.54 Å². The van der Waals surface area contributed by atoms with Crippen LogP contribution < -0.4 is 11.1 Å². The van der Waals surface area contributed by atoms with Crippen LogP contribution in [0, 0.1) is 0 Å². The smallest absolute Gasteiger partial charge is 0.225 e. The predicted molar refractivity (Wildman–Crippen MR) is 128 cm³/mol. The summed E-state index contributed by atoms with van der Waals surface area (Å²) in [4.78, 5) is 13.7. The van der Waals surface area contributed by atoms with Crippen LogP contribution in [0.1, 0.15) is 5.69 Å². The lowest BCUT2D eigenvalue weighted by Gasteiger charge is -2.08. The van der Waals surface area contributed by atoms with Gasteiger partial charge in [0.1, 0.15) is 5.82 Å². The minimum absolute atomic E-state index is 0.411. The second kappa shape index (κ2) is 8.45. The molecule has 0 saturated carbocycles. The Morgan fingerprint density at radius 2 is 1.72 bits per heavy atom. The van der Waals surface area contributed by atoms with Crippen LogP contribution in [0.3, 0.4) is 0 Å². The zero-order chi connectivity index (χ0) is 22.1. The summed E-state index contributed by atoms with van der Waals surface area (Å²) in [5.74, 6) is 0.842. The SMILES string of the molecule is Nc1c2c(-c3ccccc3)nc(NCc3ccccn3)nc2nn1-c1ccc(Cl)c(Cl)c1. The van der Waals surface area contributed by atoms with E-state index in [4.69, 9.17) is 33.9 Å². The number of nitrogens with one attached hydrogen (secondary N) is 1. The lowest BCUT2D eigenvalue weighted by atomic mass is 10.1. The maximum Gasteiger partial charge on any atom is 0.225 e. The lowest BCUT2D eigenvalue weighted by molar-refractivity contribution is 0.899. The van der Waals surface area contributed by atoms with Crippen molar-refractivity contribution < 1.29 is 0 Å². The van der Waals surface area contributed by atoms with Gasteiger partial charge in [-0.25, -0.2) is 9.67 Å². The van der Waals surface area contributed by atoms with Crippen molar-refractivity contribution in [2.75, 3.05) is 11.1 Å². The van der Waals surface area contributed by atoms with Crippen molar-refractivity contribution >= 4 is 46.0 Å². The van der Waals surface area contributed by atoms with Crippen LogP contribution in [0.4, 0.5) is 11.8 Å². The largest absolute Gasteiger partial charge is 0.383 e. The summed E-state index contributed by atoms with van der Waals surface area (Å²) < 4.78 is 1.59. The number of fused-ring (bicyclic) bond motifs is 1. The molecule has 32 heavy (non-hydrogen) atoms. The average Bonchev–Trinajstić information content (AvgIpc) is 3.16. The van der Waals surface area contributed by atoms with Crippen molar-refractivity contribution in [2.24, 2.45) is 0 Å². The van der Waals surface area contributed by atoms with E-state index in [0.29, 0.717) is 50.8 Å². The molecule has 0 amide bonds. The fourth-order valence-electron chi connectivity index (χ4n) is 3.38. The molecule has 7 nitrogen and oxygen atoms in total. The minimum Gasteiger partial charge on any atom is -0.383 e. The third kappa shape index (κ3) is 3.84. The van der Waals surface area contributed by atoms with Crippen LogP contribution in [0.15, 0.2) is 72.9 Å². The maximum absolute atomic E-state index is 6.53. The number of pyridine rings is 1. The quantitative estimate of drug-likeness (QED) is 0.364. The van der Waals surface area contributed by atoms with Gasteiger partial charge >= 0.3 is 0 Å². The van der Waals surface area contributed by atoms with Gasteiger partial charge in [-0.05, 0) is 30.3 Å². The zero-order valence-corrected chi connectivity index (χ0v) is 18.2. The Kier molecular flexibility index (Phi) is 5.34. The van der Waals surface area contributed by atoms with E-state index in [2.05, 4.69) is 20.4 Å². The van der Waals surface area contributed by atoms with Gasteiger partial charge in [0, 0.05) is 11.8 Å². The number of anilines is 2. The first-order chi connectivity index (χ1) is 15.6. The highest BCUT2D eigenvalue weighted by Gasteiger charge is 2.19. The Morgan fingerprint density at radius 1 is 0.906 bits per heavy atom. The summed E-state index contributed by atoms with van der Waals surface area (Å²) >= 11 is 12.3. The van der Waals surface area contributed by atoms with Crippen LogP contribution in [0.2, 0.25) is 10.0 Å². The van der Waals surface area contributed by atoms with Gasteiger partial charge in [-0.3, -0.25) is 4.98 Å². The first-order valence-corrected chi connectivity index (χ1v) is 10.6. The van der Waals surface area contributed by atoms with Gasteiger partial charge in [-0.15, -0.1) is 5.10 Å².